The molecular formula is C27H28ClNO4. The summed E-state index contributed by atoms with van der Waals surface area (Å²) in [4.78, 5) is 25.7. The summed E-state index contributed by atoms with van der Waals surface area (Å²) in [6, 6.07) is 16.8. The molecule has 1 atom stereocenters. The zero-order chi connectivity index (χ0) is 24.3. The summed E-state index contributed by atoms with van der Waals surface area (Å²) in [6.07, 6.45) is 2.31. The van der Waals surface area contributed by atoms with Gasteiger partial charge in [0, 0.05) is 23.2 Å². The average Bonchev–Trinajstić information content (AvgIpc) is 2.75. The second-order valence-electron chi connectivity index (χ2n) is 8.86. The molecule has 172 valence electrons. The maximum atomic E-state index is 13.4. The molecule has 3 aromatic rings. The number of rotatable bonds is 6. The molecule has 2 aromatic carbocycles. The summed E-state index contributed by atoms with van der Waals surface area (Å²) < 4.78 is 7.31. The maximum absolute atomic E-state index is 13.4. The number of carbonyl (C=O) groups is 1. The Bertz CT molecular complexity index is 1240. The number of ether oxygens (including phenoxy) is 1. The summed E-state index contributed by atoms with van der Waals surface area (Å²) in [6.45, 7) is 7.18. The molecule has 1 N–H and O–H groups in total. The van der Waals surface area contributed by atoms with Gasteiger partial charge in [0.15, 0.2) is 6.10 Å². The fourth-order valence-electron chi connectivity index (χ4n) is 3.75. The Morgan fingerprint density at radius 3 is 2.21 bits per heavy atom. The van der Waals surface area contributed by atoms with Crippen LogP contribution in [0.15, 0.2) is 59.4 Å². The quantitative estimate of drug-likeness (QED) is 0.475. The van der Waals surface area contributed by atoms with E-state index >= 15 is 0 Å². The van der Waals surface area contributed by atoms with E-state index < -0.39 is 17.7 Å². The largest absolute Gasteiger partial charge is 0.479 e. The monoisotopic (exact) mass is 465 g/mol. The first-order chi connectivity index (χ1) is 15.5. The van der Waals surface area contributed by atoms with Crippen molar-refractivity contribution in [3.63, 3.8) is 0 Å². The predicted octanol–water partition coefficient (Wildman–Crippen LogP) is 6.13. The van der Waals surface area contributed by atoms with Gasteiger partial charge in [0.1, 0.15) is 0 Å². The number of halogens is 1. The van der Waals surface area contributed by atoms with Crippen molar-refractivity contribution in [3.05, 3.63) is 92.4 Å². The van der Waals surface area contributed by atoms with Crippen LogP contribution in [-0.4, -0.2) is 21.2 Å². The summed E-state index contributed by atoms with van der Waals surface area (Å²) in [5.41, 5.74) is 2.75. The molecule has 1 aromatic heterocycles. The van der Waals surface area contributed by atoms with Gasteiger partial charge in [0.2, 0.25) is 0 Å². The Labute approximate surface area is 198 Å². The molecule has 5 nitrogen and oxygen atoms in total. The molecule has 6 heteroatoms. The van der Waals surface area contributed by atoms with E-state index in [9.17, 15) is 14.7 Å². The highest BCUT2D eigenvalue weighted by atomic mass is 35.5. The minimum absolute atomic E-state index is 0.291. The van der Waals surface area contributed by atoms with Crippen LogP contribution in [0.1, 0.15) is 49.3 Å². The first-order valence-corrected chi connectivity index (χ1v) is 11.0. The zero-order valence-electron chi connectivity index (χ0n) is 19.4. The Morgan fingerprint density at radius 1 is 1.06 bits per heavy atom. The zero-order valence-corrected chi connectivity index (χ0v) is 20.2. The van der Waals surface area contributed by atoms with Crippen molar-refractivity contribution in [3.8, 4) is 11.1 Å². The van der Waals surface area contributed by atoms with E-state index in [4.69, 9.17) is 16.3 Å². The molecule has 0 aliphatic heterocycles. The number of aromatic nitrogens is 1. The summed E-state index contributed by atoms with van der Waals surface area (Å²) >= 11 is 6.10. The van der Waals surface area contributed by atoms with Gasteiger partial charge in [-0.25, -0.2) is 4.79 Å². The number of nitrogens with zero attached hydrogens (tertiary/aromatic N) is 1. The molecular weight excluding hydrogens is 438 g/mol. The first-order valence-electron chi connectivity index (χ1n) is 10.6. The molecule has 0 spiro atoms. The lowest BCUT2D eigenvalue weighted by molar-refractivity contribution is -0.161. The lowest BCUT2D eigenvalue weighted by Crippen LogP contribution is -2.34. The Kier molecular flexibility index (Phi) is 7.25. The number of pyridine rings is 1. The van der Waals surface area contributed by atoms with Crippen LogP contribution in [-0.2, 0) is 16.6 Å². The number of benzene rings is 2. The van der Waals surface area contributed by atoms with E-state index in [0.29, 0.717) is 27.4 Å². The molecule has 0 bridgehead atoms. The van der Waals surface area contributed by atoms with Crippen molar-refractivity contribution >= 4 is 29.7 Å². The summed E-state index contributed by atoms with van der Waals surface area (Å²) in [5.74, 6) is -1.16. The normalized spacial score (nSPS) is 12.8. The third-order valence-corrected chi connectivity index (χ3v) is 5.50. The molecule has 0 amide bonds. The van der Waals surface area contributed by atoms with E-state index in [1.54, 1.807) is 46.0 Å². The van der Waals surface area contributed by atoms with Crippen molar-refractivity contribution in [2.75, 3.05) is 0 Å². The Hall–Kier alpha value is -3.15. The molecule has 0 saturated carbocycles. The molecule has 1 unspecified atom stereocenters. The second kappa shape index (κ2) is 9.77. The minimum atomic E-state index is -1.33. The highest BCUT2D eigenvalue weighted by molar-refractivity contribution is 6.30. The molecule has 0 aliphatic carbocycles. The fraction of sp³-hybridized carbons (Fsp3) is 0.259. The molecule has 0 aliphatic rings. The summed E-state index contributed by atoms with van der Waals surface area (Å²) in [5, 5.41) is 10.6. The van der Waals surface area contributed by atoms with Crippen LogP contribution in [0.3, 0.4) is 0 Å². The lowest BCUT2D eigenvalue weighted by atomic mass is 9.92. The van der Waals surface area contributed by atoms with Gasteiger partial charge in [-0.15, -0.1) is 0 Å². The average molecular weight is 466 g/mol. The fourth-order valence-corrected chi connectivity index (χ4v) is 3.88. The third-order valence-electron chi connectivity index (χ3n) is 5.25. The number of carboxylic acids is 1. The Morgan fingerprint density at radius 2 is 1.67 bits per heavy atom. The highest BCUT2D eigenvalue weighted by Gasteiger charge is 2.33. The van der Waals surface area contributed by atoms with Crippen molar-refractivity contribution in [2.24, 2.45) is 7.05 Å². The van der Waals surface area contributed by atoms with Crippen molar-refractivity contribution in [1.29, 1.82) is 0 Å². The van der Waals surface area contributed by atoms with E-state index in [1.165, 1.54) is 4.57 Å². The van der Waals surface area contributed by atoms with Crippen LogP contribution in [0.4, 0.5) is 0 Å². The van der Waals surface area contributed by atoms with E-state index in [-0.39, 0.29) is 5.56 Å². The lowest BCUT2D eigenvalue weighted by Gasteiger charge is -2.29. The SMILES string of the molecule is Cc1c(-c2ccc(Cl)cc2)c(C(OC(C)(C)C)C(=O)O)n(C)c(=O)c1/C=C/c1ccccc1. The van der Waals surface area contributed by atoms with Crippen molar-refractivity contribution in [2.45, 2.75) is 39.4 Å². The molecule has 3 rings (SSSR count). The van der Waals surface area contributed by atoms with Crippen LogP contribution >= 0.6 is 11.6 Å². The first kappa shape index (κ1) is 24.5. The van der Waals surface area contributed by atoms with Gasteiger partial charge in [-0.2, -0.15) is 0 Å². The van der Waals surface area contributed by atoms with Crippen molar-refractivity contribution in [1.82, 2.24) is 4.57 Å². The molecule has 0 radical (unpaired) electrons. The van der Waals surface area contributed by atoms with Gasteiger partial charge in [0.25, 0.3) is 5.56 Å². The van der Waals surface area contributed by atoms with Crippen molar-refractivity contribution < 1.29 is 14.6 Å². The van der Waals surface area contributed by atoms with Crippen LogP contribution in [0.25, 0.3) is 23.3 Å². The number of hydrogen-bond acceptors (Lipinski definition) is 3. The van der Waals surface area contributed by atoms with Crippen LogP contribution in [0, 0.1) is 6.92 Å². The van der Waals surface area contributed by atoms with Gasteiger partial charge in [-0.1, -0.05) is 60.1 Å². The smallest absolute Gasteiger partial charge is 0.339 e. The van der Waals surface area contributed by atoms with E-state index in [1.807, 2.05) is 55.5 Å². The highest BCUT2D eigenvalue weighted by Crippen LogP contribution is 2.36. The Balaban J connectivity index is 2.33. The second-order valence-corrected chi connectivity index (χ2v) is 9.30. The number of carboxylic acid groups (broad SMARTS) is 1. The van der Waals surface area contributed by atoms with Gasteiger partial charge < -0.3 is 14.4 Å². The number of aliphatic carboxylic acids is 1. The molecule has 0 fully saturated rings. The number of hydrogen-bond donors (Lipinski definition) is 1. The van der Waals surface area contributed by atoms with Crippen LogP contribution in [0.2, 0.25) is 5.02 Å². The van der Waals surface area contributed by atoms with Gasteiger partial charge in [0.05, 0.1) is 11.3 Å². The molecule has 1 heterocycles. The summed E-state index contributed by atoms with van der Waals surface area (Å²) in [7, 11) is 1.58. The minimum Gasteiger partial charge on any atom is -0.479 e. The van der Waals surface area contributed by atoms with Crippen LogP contribution in [0.5, 0.6) is 0 Å². The van der Waals surface area contributed by atoms with Gasteiger partial charge >= 0.3 is 5.97 Å². The third kappa shape index (κ3) is 5.62. The van der Waals surface area contributed by atoms with Crippen LogP contribution < -0.4 is 5.56 Å². The van der Waals surface area contributed by atoms with Gasteiger partial charge in [-0.05, 0) is 62.6 Å². The standard InChI is InChI=1S/C27H28ClNO4/c1-17-21(16-11-18-9-7-6-8-10-18)25(30)29(5)23(24(26(31)32)33-27(2,3)4)22(17)19-12-14-20(28)15-13-19/h6-16,24H,1-5H3,(H,31,32)/b16-11+. The van der Waals surface area contributed by atoms with E-state index in [2.05, 4.69) is 0 Å². The molecule has 33 heavy (non-hydrogen) atoms. The predicted molar refractivity (Wildman–Crippen MR) is 133 cm³/mol. The van der Waals surface area contributed by atoms with E-state index in [0.717, 1.165) is 11.1 Å². The topological polar surface area (TPSA) is 68.5 Å². The maximum Gasteiger partial charge on any atom is 0.339 e. The molecule has 0 saturated heterocycles. The van der Waals surface area contributed by atoms with Gasteiger partial charge in [-0.3, -0.25) is 4.79 Å².